The quantitative estimate of drug-likeness (QED) is 0.721. The van der Waals surface area contributed by atoms with E-state index in [0.717, 1.165) is 12.8 Å². The summed E-state index contributed by atoms with van der Waals surface area (Å²) < 4.78 is 43.8. The second-order valence-electron chi connectivity index (χ2n) is 6.79. The molecule has 26 heavy (non-hydrogen) atoms. The van der Waals surface area contributed by atoms with E-state index in [4.69, 9.17) is 4.74 Å². The Labute approximate surface area is 161 Å². The van der Waals surface area contributed by atoms with Crippen molar-refractivity contribution in [1.29, 1.82) is 0 Å². The summed E-state index contributed by atoms with van der Waals surface area (Å²) in [6, 6.07) is 4.21. The molecule has 2 aliphatic rings. The second kappa shape index (κ2) is 8.33. The van der Waals surface area contributed by atoms with Gasteiger partial charge in [0.25, 0.3) is 0 Å². The highest BCUT2D eigenvalue weighted by Gasteiger charge is 2.34. The smallest absolute Gasteiger partial charge is 0.238 e. The van der Waals surface area contributed by atoms with E-state index >= 15 is 0 Å². The van der Waals surface area contributed by atoms with Gasteiger partial charge in [-0.15, -0.1) is 0 Å². The molecule has 0 aromatic heterocycles. The van der Waals surface area contributed by atoms with Crippen LogP contribution in [-0.4, -0.2) is 62.6 Å². The highest BCUT2D eigenvalue weighted by Crippen LogP contribution is 2.22. The number of anilines is 1. The third-order valence-corrected chi connectivity index (χ3v) is 6.98. The van der Waals surface area contributed by atoms with E-state index in [1.54, 1.807) is 6.07 Å². The van der Waals surface area contributed by atoms with Gasteiger partial charge in [0.05, 0.1) is 29.8 Å². The molecule has 2 atom stereocenters. The Morgan fingerprint density at radius 1 is 1.38 bits per heavy atom. The fraction of sp³-hybridized carbons (Fsp3) is 0.588. The molecule has 2 aliphatic heterocycles. The predicted octanol–water partition coefficient (Wildman–Crippen LogP) is 2.19. The number of carbonyl (C=O) groups excluding carboxylic acids is 1. The summed E-state index contributed by atoms with van der Waals surface area (Å²) in [6.45, 7) is 1.21. The molecule has 2 unspecified atom stereocenters. The van der Waals surface area contributed by atoms with Crippen molar-refractivity contribution in [2.75, 3.05) is 36.5 Å². The van der Waals surface area contributed by atoms with Crippen LogP contribution in [0, 0.1) is 5.82 Å². The Bertz CT molecular complexity index is 768. The topological polar surface area (TPSA) is 75.7 Å². The Kier molecular flexibility index (Phi) is 6.32. The second-order valence-corrected chi connectivity index (χ2v) is 9.94. The van der Waals surface area contributed by atoms with E-state index in [1.807, 2.05) is 4.90 Å². The fourth-order valence-electron chi connectivity index (χ4n) is 3.42. The zero-order chi connectivity index (χ0) is 18.7. The molecule has 1 aromatic carbocycles. The SMILES string of the molecule is O=C(CN(CC1CCCO1)C1CCS(=O)(=O)C1)Nc1ccc(Br)cc1F. The summed E-state index contributed by atoms with van der Waals surface area (Å²) in [6.07, 6.45) is 2.39. The molecule has 2 fully saturated rings. The molecule has 1 N–H and O–H groups in total. The number of sulfone groups is 1. The van der Waals surface area contributed by atoms with Crippen LogP contribution in [-0.2, 0) is 19.4 Å². The van der Waals surface area contributed by atoms with Crippen LogP contribution in [0.15, 0.2) is 22.7 Å². The van der Waals surface area contributed by atoms with E-state index < -0.39 is 15.7 Å². The maximum atomic E-state index is 13.9. The summed E-state index contributed by atoms with van der Waals surface area (Å²) in [5.41, 5.74) is 0.106. The van der Waals surface area contributed by atoms with Crippen molar-refractivity contribution in [3.63, 3.8) is 0 Å². The summed E-state index contributed by atoms with van der Waals surface area (Å²) in [5, 5.41) is 2.57. The lowest BCUT2D eigenvalue weighted by atomic mass is 10.1. The van der Waals surface area contributed by atoms with E-state index in [9.17, 15) is 17.6 Å². The Balaban J connectivity index is 1.66. The molecule has 2 heterocycles. The van der Waals surface area contributed by atoms with Crippen molar-refractivity contribution in [2.24, 2.45) is 0 Å². The predicted molar refractivity (Wildman–Crippen MR) is 100 cm³/mol. The van der Waals surface area contributed by atoms with Crippen molar-refractivity contribution in [1.82, 2.24) is 4.90 Å². The van der Waals surface area contributed by atoms with E-state index in [0.29, 0.717) is 24.0 Å². The van der Waals surface area contributed by atoms with Crippen molar-refractivity contribution in [3.05, 3.63) is 28.5 Å². The summed E-state index contributed by atoms with van der Waals surface area (Å²) in [5.74, 6) is -0.696. The Morgan fingerprint density at radius 3 is 2.81 bits per heavy atom. The standard InChI is InChI=1S/C17H22BrFN2O4S/c18-12-3-4-16(15(19)8-12)20-17(22)10-21(9-14-2-1-6-25-14)13-5-7-26(23,24)11-13/h3-4,8,13-14H,1-2,5-7,9-11H2,(H,20,22). The van der Waals surface area contributed by atoms with Crippen LogP contribution in [0.1, 0.15) is 19.3 Å². The number of halogens is 2. The minimum absolute atomic E-state index is 0.00947. The van der Waals surface area contributed by atoms with Gasteiger partial charge in [0.1, 0.15) is 5.82 Å². The number of ether oxygens (including phenoxy) is 1. The van der Waals surface area contributed by atoms with Crippen LogP contribution in [0.4, 0.5) is 10.1 Å². The van der Waals surface area contributed by atoms with Gasteiger partial charge in [0.15, 0.2) is 9.84 Å². The normalized spacial score (nSPS) is 24.9. The molecule has 3 rings (SSSR count). The van der Waals surface area contributed by atoms with Gasteiger partial charge in [-0.2, -0.15) is 0 Å². The number of carbonyl (C=O) groups is 1. The van der Waals surface area contributed by atoms with Gasteiger partial charge >= 0.3 is 0 Å². The molecule has 1 aromatic rings. The average molecular weight is 449 g/mol. The molecule has 0 saturated carbocycles. The number of amides is 1. The van der Waals surface area contributed by atoms with Crippen molar-refractivity contribution in [2.45, 2.75) is 31.4 Å². The molecule has 6 nitrogen and oxygen atoms in total. The molecule has 2 saturated heterocycles. The molecular weight excluding hydrogens is 427 g/mol. The van der Waals surface area contributed by atoms with Crippen LogP contribution in [0.5, 0.6) is 0 Å². The lowest BCUT2D eigenvalue weighted by Gasteiger charge is -2.29. The van der Waals surface area contributed by atoms with Gasteiger partial charge in [-0.05, 0) is 37.5 Å². The third kappa shape index (κ3) is 5.25. The average Bonchev–Trinajstić information content (AvgIpc) is 3.19. The number of nitrogens with zero attached hydrogens (tertiary/aromatic N) is 1. The maximum Gasteiger partial charge on any atom is 0.238 e. The van der Waals surface area contributed by atoms with Crippen molar-refractivity contribution in [3.8, 4) is 0 Å². The van der Waals surface area contributed by atoms with Crippen LogP contribution in [0.2, 0.25) is 0 Å². The van der Waals surface area contributed by atoms with Gasteiger partial charge in [-0.3, -0.25) is 9.69 Å². The molecule has 0 spiro atoms. The van der Waals surface area contributed by atoms with Crippen molar-refractivity contribution >= 4 is 37.4 Å². The lowest BCUT2D eigenvalue weighted by Crippen LogP contribution is -2.45. The number of benzene rings is 1. The zero-order valence-electron chi connectivity index (χ0n) is 14.3. The summed E-state index contributed by atoms with van der Waals surface area (Å²) >= 11 is 3.18. The fourth-order valence-corrected chi connectivity index (χ4v) is 5.52. The van der Waals surface area contributed by atoms with Gasteiger partial charge < -0.3 is 10.1 Å². The monoisotopic (exact) mass is 448 g/mol. The van der Waals surface area contributed by atoms with Crippen LogP contribution in [0.3, 0.4) is 0 Å². The highest BCUT2D eigenvalue weighted by molar-refractivity contribution is 9.10. The number of hydrogen-bond donors (Lipinski definition) is 1. The molecule has 0 radical (unpaired) electrons. The minimum atomic E-state index is -3.06. The minimum Gasteiger partial charge on any atom is -0.377 e. The molecule has 0 bridgehead atoms. The van der Waals surface area contributed by atoms with Gasteiger partial charge in [0, 0.05) is 23.7 Å². The first kappa shape index (κ1) is 19.7. The van der Waals surface area contributed by atoms with E-state index in [-0.39, 0.29) is 41.8 Å². The van der Waals surface area contributed by atoms with Gasteiger partial charge in [-0.25, -0.2) is 12.8 Å². The Hall–Kier alpha value is -1.03. The number of hydrogen-bond acceptors (Lipinski definition) is 5. The lowest BCUT2D eigenvalue weighted by molar-refractivity contribution is -0.118. The van der Waals surface area contributed by atoms with Crippen LogP contribution in [0.25, 0.3) is 0 Å². The molecule has 0 aliphatic carbocycles. The number of nitrogens with one attached hydrogen (secondary N) is 1. The first-order valence-electron chi connectivity index (χ1n) is 8.63. The van der Waals surface area contributed by atoms with E-state index in [2.05, 4.69) is 21.2 Å². The summed E-state index contributed by atoms with van der Waals surface area (Å²) in [4.78, 5) is 14.3. The maximum absolute atomic E-state index is 13.9. The zero-order valence-corrected chi connectivity index (χ0v) is 16.7. The van der Waals surface area contributed by atoms with E-state index in [1.165, 1.54) is 12.1 Å². The first-order valence-corrected chi connectivity index (χ1v) is 11.2. The largest absolute Gasteiger partial charge is 0.377 e. The molecule has 9 heteroatoms. The number of rotatable bonds is 6. The molecule has 1 amide bonds. The van der Waals surface area contributed by atoms with Gasteiger partial charge in [0.2, 0.25) is 5.91 Å². The molecular formula is C17H22BrFN2O4S. The highest BCUT2D eigenvalue weighted by atomic mass is 79.9. The molecule has 144 valence electrons. The van der Waals surface area contributed by atoms with Crippen molar-refractivity contribution < 1.29 is 22.3 Å². The third-order valence-electron chi connectivity index (χ3n) is 4.74. The van der Waals surface area contributed by atoms with Gasteiger partial charge in [-0.1, -0.05) is 15.9 Å². The van der Waals surface area contributed by atoms with Crippen LogP contribution < -0.4 is 5.32 Å². The Morgan fingerprint density at radius 2 is 2.19 bits per heavy atom. The summed E-state index contributed by atoms with van der Waals surface area (Å²) in [7, 11) is -3.06. The first-order chi connectivity index (χ1) is 12.3. The van der Waals surface area contributed by atoms with Crippen LogP contribution >= 0.6 is 15.9 Å².